The highest BCUT2D eigenvalue weighted by Gasteiger charge is 2.24. The first-order valence-electron chi connectivity index (χ1n) is 7.30. The number of fused-ring (bicyclic) bond motifs is 1. The van der Waals surface area contributed by atoms with Crippen molar-refractivity contribution in [1.29, 1.82) is 0 Å². The van der Waals surface area contributed by atoms with Crippen molar-refractivity contribution in [2.75, 3.05) is 26.4 Å². The van der Waals surface area contributed by atoms with Gasteiger partial charge in [-0.1, -0.05) is 6.07 Å². The van der Waals surface area contributed by atoms with E-state index in [0.717, 1.165) is 49.5 Å². The van der Waals surface area contributed by atoms with Gasteiger partial charge in [0.15, 0.2) is 11.5 Å². The Hall–Kier alpha value is -1.79. The van der Waals surface area contributed by atoms with Crippen LogP contribution in [0, 0.1) is 5.92 Å². The summed E-state index contributed by atoms with van der Waals surface area (Å²) in [4.78, 5) is 13.5. The average Bonchev–Trinajstić information content (AvgIpc) is 2.95. The number of hydrogen-bond donors (Lipinski definition) is 2. The molecule has 114 valence electrons. The van der Waals surface area contributed by atoms with E-state index in [4.69, 9.17) is 20.9 Å². The molecule has 0 aliphatic carbocycles. The van der Waals surface area contributed by atoms with Crippen molar-refractivity contribution in [2.24, 2.45) is 17.4 Å². The summed E-state index contributed by atoms with van der Waals surface area (Å²) in [5.74, 6) is 1.36. The lowest BCUT2D eigenvalue weighted by molar-refractivity contribution is -0.123. The summed E-state index contributed by atoms with van der Waals surface area (Å²) in [7, 11) is 0. The first-order chi connectivity index (χ1) is 10.1. The zero-order chi connectivity index (χ0) is 14.8. The number of amides is 1. The van der Waals surface area contributed by atoms with Gasteiger partial charge >= 0.3 is 0 Å². The predicted octanol–water partition coefficient (Wildman–Crippen LogP) is 0.612. The number of nitrogens with zero attached hydrogens (tertiary/aromatic N) is 1. The standard InChI is InChI=1S/C15H21N3O3/c16-12(8-18-5-3-10(4-6-18)15(17)19)11-1-2-13-14(7-11)21-9-20-13/h1-2,7,10,12H,3-6,8-9,16H2,(H2,17,19). The van der Waals surface area contributed by atoms with Crippen LogP contribution >= 0.6 is 0 Å². The van der Waals surface area contributed by atoms with E-state index in [9.17, 15) is 4.79 Å². The maximum absolute atomic E-state index is 11.2. The van der Waals surface area contributed by atoms with Crippen molar-refractivity contribution < 1.29 is 14.3 Å². The minimum absolute atomic E-state index is 0.0167. The number of nitrogens with two attached hydrogens (primary N) is 2. The molecule has 1 amide bonds. The van der Waals surface area contributed by atoms with E-state index in [1.165, 1.54) is 0 Å². The molecule has 1 atom stereocenters. The second kappa shape index (κ2) is 5.91. The first-order valence-corrected chi connectivity index (χ1v) is 7.30. The number of likely N-dealkylation sites (tertiary alicyclic amines) is 1. The summed E-state index contributed by atoms with van der Waals surface area (Å²) in [6.07, 6.45) is 1.65. The van der Waals surface area contributed by atoms with Crippen molar-refractivity contribution in [3.63, 3.8) is 0 Å². The Morgan fingerprint density at radius 1 is 1.29 bits per heavy atom. The molecule has 6 heteroatoms. The van der Waals surface area contributed by atoms with E-state index < -0.39 is 0 Å². The smallest absolute Gasteiger partial charge is 0.231 e. The van der Waals surface area contributed by atoms with Gasteiger partial charge in [-0.25, -0.2) is 0 Å². The Balaban J connectivity index is 1.57. The van der Waals surface area contributed by atoms with Gasteiger partial charge in [-0.3, -0.25) is 4.79 Å². The van der Waals surface area contributed by atoms with E-state index in [-0.39, 0.29) is 24.7 Å². The van der Waals surface area contributed by atoms with E-state index in [2.05, 4.69) is 4.90 Å². The van der Waals surface area contributed by atoms with Gasteiger partial charge in [-0.15, -0.1) is 0 Å². The molecule has 2 aliphatic rings. The van der Waals surface area contributed by atoms with Crippen LogP contribution < -0.4 is 20.9 Å². The second-order valence-electron chi connectivity index (χ2n) is 5.70. The van der Waals surface area contributed by atoms with Gasteiger partial charge in [0.25, 0.3) is 0 Å². The highest BCUT2D eigenvalue weighted by atomic mass is 16.7. The summed E-state index contributed by atoms with van der Waals surface area (Å²) in [6, 6.07) is 5.75. The van der Waals surface area contributed by atoms with Crippen molar-refractivity contribution in [1.82, 2.24) is 4.90 Å². The molecule has 1 aromatic carbocycles. The lowest BCUT2D eigenvalue weighted by Crippen LogP contribution is -2.41. The topological polar surface area (TPSA) is 90.8 Å². The summed E-state index contributed by atoms with van der Waals surface area (Å²) < 4.78 is 10.7. The molecule has 21 heavy (non-hydrogen) atoms. The van der Waals surface area contributed by atoms with E-state index in [1.807, 2.05) is 18.2 Å². The van der Waals surface area contributed by atoms with Gasteiger partial charge < -0.3 is 25.8 Å². The molecule has 4 N–H and O–H groups in total. The molecule has 1 aromatic rings. The molecule has 0 bridgehead atoms. The summed E-state index contributed by atoms with van der Waals surface area (Å²) in [5.41, 5.74) is 12.7. The van der Waals surface area contributed by atoms with Gasteiger partial charge in [0.05, 0.1) is 0 Å². The Labute approximate surface area is 124 Å². The van der Waals surface area contributed by atoms with Crippen LogP contribution in [0.1, 0.15) is 24.4 Å². The fraction of sp³-hybridized carbons (Fsp3) is 0.533. The molecule has 0 spiro atoms. The van der Waals surface area contributed by atoms with E-state index in [1.54, 1.807) is 0 Å². The minimum Gasteiger partial charge on any atom is -0.454 e. The fourth-order valence-electron chi connectivity index (χ4n) is 2.93. The largest absolute Gasteiger partial charge is 0.454 e. The SMILES string of the molecule is NC(=O)C1CCN(CC(N)c2ccc3c(c2)OCO3)CC1. The van der Waals surface area contributed by atoms with Crippen LogP contribution in [-0.2, 0) is 4.79 Å². The summed E-state index contributed by atoms with van der Waals surface area (Å²) in [5, 5.41) is 0. The summed E-state index contributed by atoms with van der Waals surface area (Å²) >= 11 is 0. The van der Waals surface area contributed by atoms with Gasteiger partial charge in [-0.05, 0) is 43.6 Å². The zero-order valence-electron chi connectivity index (χ0n) is 12.0. The van der Waals surface area contributed by atoms with Crippen molar-refractivity contribution in [3.8, 4) is 11.5 Å². The lowest BCUT2D eigenvalue weighted by atomic mass is 9.95. The average molecular weight is 291 g/mol. The maximum atomic E-state index is 11.2. The third-order valence-electron chi connectivity index (χ3n) is 4.27. The lowest BCUT2D eigenvalue weighted by Gasteiger charge is -2.32. The third kappa shape index (κ3) is 3.11. The molecule has 1 fully saturated rings. The van der Waals surface area contributed by atoms with E-state index >= 15 is 0 Å². The number of benzene rings is 1. The summed E-state index contributed by atoms with van der Waals surface area (Å²) in [6.45, 7) is 2.78. The molecule has 1 saturated heterocycles. The number of carbonyl (C=O) groups excluding carboxylic acids is 1. The number of rotatable bonds is 4. The zero-order valence-corrected chi connectivity index (χ0v) is 12.0. The second-order valence-corrected chi connectivity index (χ2v) is 5.70. The number of piperidine rings is 1. The first kappa shape index (κ1) is 14.2. The molecular formula is C15H21N3O3. The molecule has 0 aromatic heterocycles. The van der Waals surface area contributed by atoms with Crippen molar-refractivity contribution in [3.05, 3.63) is 23.8 Å². The van der Waals surface area contributed by atoms with Gasteiger partial charge in [0.1, 0.15) is 0 Å². The van der Waals surface area contributed by atoms with Crippen LogP contribution in [0.5, 0.6) is 11.5 Å². The van der Waals surface area contributed by atoms with Gasteiger partial charge in [-0.2, -0.15) is 0 Å². The van der Waals surface area contributed by atoms with Crippen molar-refractivity contribution >= 4 is 5.91 Å². The highest BCUT2D eigenvalue weighted by molar-refractivity contribution is 5.76. The Bertz CT molecular complexity index is 527. The van der Waals surface area contributed by atoms with E-state index in [0.29, 0.717) is 0 Å². The van der Waals surface area contributed by atoms with Gasteiger partial charge in [0, 0.05) is 18.5 Å². The number of ether oxygens (including phenoxy) is 2. The Kier molecular flexibility index (Phi) is 3.98. The molecule has 6 nitrogen and oxygen atoms in total. The predicted molar refractivity (Wildman–Crippen MR) is 77.9 cm³/mol. The maximum Gasteiger partial charge on any atom is 0.231 e. The Morgan fingerprint density at radius 2 is 2.00 bits per heavy atom. The van der Waals surface area contributed by atoms with Crippen LogP contribution in [0.2, 0.25) is 0 Å². The van der Waals surface area contributed by atoms with Crippen LogP contribution in [0.3, 0.4) is 0 Å². The number of hydrogen-bond acceptors (Lipinski definition) is 5. The third-order valence-corrected chi connectivity index (χ3v) is 4.27. The molecule has 1 unspecified atom stereocenters. The monoisotopic (exact) mass is 291 g/mol. The molecule has 2 aliphatic heterocycles. The number of carbonyl (C=O) groups is 1. The van der Waals surface area contributed by atoms with Crippen LogP contribution in [0.25, 0.3) is 0 Å². The quantitative estimate of drug-likeness (QED) is 0.848. The molecule has 0 radical (unpaired) electrons. The van der Waals surface area contributed by atoms with Crippen LogP contribution in [-0.4, -0.2) is 37.2 Å². The fourth-order valence-corrected chi connectivity index (χ4v) is 2.93. The normalized spacial score (nSPS) is 20.4. The molecule has 2 heterocycles. The molecular weight excluding hydrogens is 270 g/mol. The minimum atomic E-state index is -0.185. The molecule has 3 rings (SSSR count). The highest BCUT2D eigenvalue weighted by Crippen LogP contribution is 2.34. The van der Waals surface area contributed by atoms with Crippen LogP contribution in [0.4, 0.5) is 0 Å². The molecule has 0 saturated carbocycles. The van der Waals surface area contributed by atoms with Crippen molar-refractivity contribution in [2.45, 2.75) is 18.9 Å². The number of primary amides is 1. The Morgan fingerprint density at radius 3 is 2.71 bits per heavy atom. The van der Waals surface area contributed by atoms with Gasteiger partial charge in [0.2, 0.25) is 12.7 Å². The van der Waals surface area contributed by atoms with Crippen LogP contribution in [0.15, 0.2) is 18.2 Å².